The second-order valence-electron chi connectivity index (χ2n) is 5.47. The van der Waals surface area contributed by atoms with E-state index in [0.717, 1.165) is 33.5 Å². The molecule has 0 bridgehead atoms. The van der Waals surface area contributed by atoms with Gasteiger partial charge in [0.1, 0.15) is 6.61 Å². The quantitative estimate of drug-likeness (QED) is 0.459. The smallest absolute Gasteiger partial charge is 0.316 e. The standard InChI is InChI=1S/C18H19N3O2S2/c1-3-21-17(15-8-5-9-24-15)19-20-18(21)25-12-16(22)23-11-14-7-4-6-13(2)10-14/h4-10H,3,11-12H2,1-2H3. The summed E-state index contributed by atoms with van der Waals surface area (Å²) in [6, 6.07) is 12.0. The van der Waals surface area contributed by atoms with Crippen LogP contribution in [0.5, 0.6) is 0 Å². The lowest BCUT2D eigenvalue weighted by atomic mass is 10.1. The van der Waals surface area contributed by atoms with Gasteiger partial charge in [0, 0.05) is 6.54 Å². The fraction of sp³-hybridized carbons (Fsp3) is 0.278. The molecule has 0 spiro atoms. The van der Waals surface area contributed by atoms with Crippen molar-refractivity contribution in [2.75, 3.05) is 5.75 Å². The molecule has 0 saturated carbocycles. The molecule has 3 aromatic rings. The van der Waals surface area contributed by atoms with E-state index >= 15 is 0 Å². The van der Waals surface area contributed by atoms with E-state index in [1.54, 1.807) is 11.3 Å². The Kier molecular flexibility index (Phi) is 5.88. The van der Waals surface area contributed by atoms with E-state index in [9.17, 15) is 4.79 Å². The molecule has 25 heavy (non-hydrogen) atoms. The Morgan fingerprint density at radius 1 is 1.28 bits per heavy atom. The summed E-state index contributed by atoms with van der Waals surface area (Å²) < 4.78 is 7.36. The first kappa shape index (κ1) is 17.7. The minimum absolute atomic E-state index is 0.217. The third-order valence-electron chi connectivity index (χ3n) is 3.58. The maximum atomic E-state index is 12.0. The number of aryl methyl sites for hydroxylation is 1. The van der Waals surface area contributed by atoms with Crippen LogP contribution < -0.4 is 0 Å². The summed E-state index contributed by atoms with van der Waals surface area (Å²) in [5.41, 5.74) is 2.15. The number of aromatic nitrogens is 3. The van der Waals surface area contributed by atoms with E-state index in [0.29, 0.717) is 6.61 Å². The van der Waals surface area contributed by atoms with Crippen molar-refractivity contribution in [3.05, 3.63) is 52.9 Å². The van der Waals surface area contributed by atoms with Crippen LogP contribution in [0.3, 0.4) is 0 Å². The van der Waals surface area contributed by atoms with Crippen LogP contribution >= 0.6 is 23.1 Å². The predicted octanol–water partition coefficient (Wildman–Crippen LogP) is 4.17. The largest absolute Gasteiger partial charge is 0.460 e. The first-order valence-electron chi connectivity index (χ1n) is 7.98. The highest BCUT2D eigenvalue weighted by molar-refractivity contribution is 7.99. The topological polar surface area (TPSA) is 57.0 Å². The SMILES string of the molecule is CCn1c(SCC(=O)OCc2cccc(C)c2)nnc1-c1cccs1. The van der Waals surface area contributed by atoms with Gasteiger partial charge in [-0.2, -0.15) is 0 Å². The third-order valence-corrected chi connectivity index (χ3v) is 5.38. The Labute approximate surface area is 155 Å². The van der Waals surface area contributed by atoms with Gasteiger partial charge < -0.3 is 9.30 Å². The molecule has 0 aliphatic carbocycles. The van der Waals surface area contributed by atoms with Crippen molar-refractivity contribution in [1.29, 1.82) is 0 Å². The van der Waals surface area contributed by atoms with Crippen molar-refractivity contribution in [3.8, 4) is 10.7 Å². The number of ether oxygens (including phenoxy) is 1. The van der Waals surface area contributed by atoms with Crippen LogP contribution in [0, 0.1) is 6.92 Å². The van der Waals surface area contributed by atoms with Gasteiger partial charge in [-0.15, -0.1) is 21.5 Å². The summed E-state index contributed by atoms with van der Waals surface area (Å²) in [4.78, 5) is 13.1. The molecule has 7 heteroatoms. The first-order chi connectivity index (χ1) is 12.2. The summed E-state index contributed by atoms with van der Waals surface area (Å²) in [5, 5.41) is 11.2. The van der Waals surface area contributed by atoms with Crippen LogP contribution in [0.2, 0.25) is 0 Å². The second kappa shape index (κ2) is 8.31. The van der Waals surface area contributed by atoms with E-state index in [4.69, 9.17) is 4.74 Å². The Bertz CT molecular complexity index is 844. The average molecular weight is 374 g/mol. The zero-order chi connectivity index (χ0) is 17.6. The highest BCUT2D eigenvalue weighted by atomic mass is 32.2. The Hall–Kier alpha value is -2.12. The van der Waals surface area contributed by atoms with Crippen molar-refractivity contribution in [3.63, 3.8) is 0 Å². The van der Waals surface area contributed by atoms with Crippen molar-refractivity contribution < 1.29 is 9.53 Å². The number of esters is 1. The molecule has 2 heterocycles. The molecule has 0 aliphatic heterocycles. The summed E-state index contributed by atoms with van der Waals surface area (Å²) in [6.07, 6.45) is 0. The van der Waals surface area contributed by atoms with E-state index < -0.39 is 0 Å². The zero-order valence-electron chi connectivity index (χ0n) is 14.1. The van der Waals surface area contributed by atoms with Gasteiger partial charge in [-0.05, 0) is 30.9 Å². The lowest BCUT2D eigenvalue weighted by molar-refractivity contribution is -0.141. The Balaban J connectivity index is 1.57. The Morgan fingerprint density at radius 3 is 2.88 bits per heavy atom. The van der Waals surface area contributed by atoms with Crippen molar-refractivity contribution in [2.24, 2.45) is 0 Å². The van der Waals surface area contributed by atoms with Crippen LogP contribution in [-0.2, 0) is 22.7 Å². The molecule has 0 unspecified atom stereocenters. The number of benzene rings is 1. The molecule has 0 N–H and O–H groups in total. The number of carbonyl (C=O) groups is 1. The van der Waals surface area contributed by atoms with Gasteiger partial charge in [-0.3, -0.25) is 4.79 Å². The fourth-order valence-electron chi connectivity index (χ4n) is 2.40. The Morgan fingerprint density at radius 2 is 2.16 bits per heavy atom. The molecular formula is C18H19N3O2S2. The number of carbonyl (C=O) groups excluding carboxylic acids is 1. The highest BCUT2D eigenvalue weighted by Crippen LogP contribution is 2.27. The first-order valence-corrected chi connectivity index (χ1v) is 9.85. The van der Waals surface area contributed by atoms with E-state index in [1.807, 2.05) is 60.2 Å². The fourth-order valence-corrected chi connectivity index (χ4v) is 3.92. The summed E-state index contributed by atoms with van der Waals surface area (Å²) in [5.74, 6) is 0.803. The van der Waals surface area contributed by atoms with Gasteiger partial charge in [0.05, 0.1) is 10.6 Å². The van der Waals surface area contributed by atoms with Gasteiger partial charge >= 0.3 is 5.97 Å². The van der Waals surface area contributed by atoms with Crippen LogP contribution in [0.1, 0.15) is 18.1 Å². The second-order valence-corrected chi connectivity index (χ2v) is 7.36. The van der Waals surface area contributed by atoms with Gasteiger partial charge in [0.15, 0.2) is 11.0 Å². The molecule has 0 radical (unpaired) electrons. The molecule has 3 rings (SSSR count). The highest BCUT2D eigenvalue weighted by Gasteiger charge is 2.15. The predicted molar refractivity (Wildman–Crippen MR) is 101 cm³/mol. The van der Waals surface area contributed by atoms with Crippen molar-refractivity contribution in [1.82, 2.24) is 14.8 Å². The number of nitrogens with zero attached hydrogens (tertiary/aromatic N) is 3. The zero-order valence-corrected chi connectivity index (χ0v) is 15.8. The van der Waals surface area contributed by atoms with Crippen molar-refractivity contribution in [2.45, 2.75) is 32.2 Å². The third kappa shape index (κ3) is 4.49. The van der Waals surface area contributed by atoms with E-state index in [2.05, 4.69) is 10.2 Å². The number of thioether (sulfide) groups is 1. The van der Waals surface area contributed by atoms with Gasteiger partial charge in [0.2, 0.25) is 0 Å². The van der Waals surface area contributed by atoms with E-state index in [-0.39, 0.29) is 11.7 Å². The van der Waals surface area contributed by atoms with Crippen LogP contribution in [0.4, 0.5) is 0 Å². The molecule has 0 atom stereocenters. The maximum Gasteiger partial charge on any atom is 0.316 e. The lowest BCUT2D eigenvalue weighted by Gasteiger charge is -2.07. The molecule has 130 valence electrons. The summed E-state index contributed by atoms with van der Waals surface area (Å²) in [6.45, 7) is 5.10. The number of thiophene rings is 1. The molecular weight excluding hydrogens is 354 g/mol. The molecule has 0 saturated heterocycles. The minimum atomic E-state index is -0.255. The molecule has 5 nitrogen and oxygen atoms in total. The molecule has 0 amide bonds. The summed E-state index contributed by atoms with van der Waals surface area (Å²) in [7, 11) is 0. The molecule has 0 fully saturated rings. The monoisotopic (exact) mass is 373 g/mol. The molecule has 1 aromatic carbocycles. The average Bonchev–Trinajstić information content (AvgIpc) is 3.27. The van der Waals surface area contributed by atoms with Gasteiger partial charge in [0.25, 0.3) is 0 Å². The molecule has 2 aromatic heterocycles. The number of hydrogen-bond donors (Lipinski definition) is 0. The lowest BCUT2D eigenvalue weighted by Crippen LogP contribution is -2.08. The minimum Gasteiger partial charge on any atom is -0.460 e. The van der Waals surface area contributed by atoms with Crippen LogP contribution in [-0.4, -0.2) is 26.5 Å². The molecule has 0 aliphatic rings. The normalized spacial score (nSPS) is 10.8. The number of hydrogen-bond acceptors (Lipinski definition) is 6. The van der Waals surface area contributed by atoms with Crippen LogP contribution in [0.25, 0.3) is 10.7 Å². The number of rotatable bonds is 7. The van der Waals surface area contributed by atoms with Gasteiger partial charge in [-0.1, -0.05) is 47.7 Å². The van der Waals surface area contributed by atoms with E-state index in [1.165, 1.54) is 11.8 Å². The van der Waals surface area contributed by atoms with Crippen molar-refractivity contribution >= 4 is 29.1 Å². The maximum absolute atomic E-state index is 12.0. The van der Waals surface area contributed by atoms with Gasteiger partial charge in [-0.25, -0.2) is 0 Å². The van der Waals surface area contributed by atoms with Crippen LogP contribution in [0.15, 0.2) is 46.9 Å². The summed E-state index contributed by atoms with van der Waals surface area (Å²) >= 11 is 2.98.